The zero-order valence-corrected chi connectivity index (χ0v) is 11.0. The second-order valence-electron chi connectivity index (χ2n) is 7.65. The van der Waals surface area contributed by atoms with Crippen molar-refractivity contribution in [2.24, 2.45) is 40.9 Å². The number of carbonyl (C=O) groups is 1. The number of fused-ring (bicyclic) bond motifs is 4. The standard InChI is InChI=1S/C17H22O/c18-16-8-14-12-3-1-2-10(12)4-6-13(14)15-7-5-11-9-17(11,15)16/h1-2,10-15H,3-9H2. The Hall–Kier alpha value is -0.590. The van der Waals surface area contributed by atoms with E-state index >= 15 is 0 Å². The lowest BCUT2D eigenvalue weighted by atomic mass is 9.55. The Labute approximate surface area is 109 Å². The molecule has 1 nitrogen and oxygen atoms in total. The van der Waals surface area contributed by atoms with E-state index in [0.29, 0.717) is 5.78 Å². The number of carbonyl (C=O) groups excluding carboxylic acids is 1. The highest BCUT2D eigenvalue weighted by molar-refractivity contribution is 5.90. The molecule has 0 bridgehead atoms. The van der Waals surface area contributed by atoms with E-state index in [-0.39, 0.29) is 5.41 Å². The SMILES string of the molecule is O=C1CC2C3CC=CC3CCC2C2CCC3CC132. The van der Waals surface area contributed by atoms with Gasteiger partial charge in [0.15, 0.2) is 0 Å². The number of hydrogen-bond donors (Lipinski definition) is 0. The number of hydrogen-bond acceptors (Lipinski definition) is 1. The Morgan fingerprint density at radius 2 is 2.00 bits per heavy atom. The lowest BCUT2D eigenvalue weighted by Crippen LogP contribution is -2.46. The van der Waals surface area contributed by atoms with Crippen molar-refractivity contribution in [3.05, 3.63) is 12.2 Å². The average molecular weight is 242 g/mol. The number of allylic oxidation sites excluding steroid dienone is 2. The number of ketones is 1. The van der Waals surface area contributed by atoms with E-state index in [0.717, 1.165) is 41.9 Å². The molecule has 18 heavy (non-hydrogen) atoms. The molecule has 1 spiro atoms. The van der Waals surface area contributed by atoms with Gasteiger partial charge in [-0.25, -0.2) is 0 Å². The van der Waals surface area contributed by atoms with Crippen molar-refractivity contribution in [1.29, 1.82) is 0 Å². The molecule has 5 aliphatic rings. The average Bonchev–Trinajstić information content (AvgIpc) is 2.75. The van der Waals surface area contributed by atoms with Gasteiger partial charge in [0.2, 0.25) is 0 Å². The van der Waals surface area contributed by atoms with Crippen LogP contribution in [-0.4, -0.2) is 5.78 Å². The summed E-state index contributed by atoms with van der Waals surface area (Å²) in [6.45, 7) is 0. The molecule has 0 N–H and O–H groups in total. The maximum Gasteiger partial charge on any atom is 0.139 e. The summed E-state index contributed by atoms with van der Waals surface area (Å²) < 4.78 is 0. The van der Waals surface area contributed by atoms with Gasteiger partial charge in [-0.15, -0.1) is 0 Å². The fraction of sp³-hybridized carbons (Fsp3) is 0.824. The van der Waals surface area contributed by atoms with Gasteiger partial charge in [-0.05, 0) is 74.0 Å². The first-order valence-electron chi connectivity index (χ1n) is 8.00. The summed E-state index contributed by atoms with van der Waals surface area (Å²) in [5, 5.41) is 0. The van der Waals surface area contributed by atoms with Gasteiger partial charge in [-0.3, -0.25) is 4.79 Å². The van der Waals surface area contributed by atoms with E-state index in [1.807, 2.05) is 0 Å². The van der Waals surface area contributed by atoms with Crippen LogP contribution in [0.15, 0.2) is 12.2 Å². The second-order valence-corrected chi connectivity index (χ2v) is 7.65. The van der Waals surface area contributed by atoms with Crippen LogP contribution in [0.25, 0.3) is 0 Å². The third-order valence-electron chi connectivity index (χ3n) is 7.37. The van der Waals surface area contributed by atoms with Crippen LogP contribution in [0.3, 0.4) is 0 Å². The Kier molecular flexibility index (Phi) is 1.77. The smallest absolute Gasteiger partial charge is 0.139 e. The Balaban J connectivity index is 1.52. The summed E-state index contributed by atoms with van der Waals surface area (Å²) in [6.07, 6.45) is 13.9. The third kappa shape index (κ3) is 1.01. The van der Waals surface area contributed by atoms with Crippen LogP contribution in [0.1, 0.15) is 44.9 Å². The molecule has 0 radical (unpaired) electrons. The van der Waals surface area contributed by atoms with Crippen molar-refractivity contribution in [3.63, 3.8) is 0 Å². The Morgan fingerprint density at radius 3 is 2.89 bits per heavy atom. The van der Waals surface area contributed by atoms with E-state index in [4.69, 9.17) is 0 Å². The van der Waals surface area contributed by atoms with E-state index in [1.54, 1.807) is 0 Å². The van der Waals surface area contributed by atoms with E-state index in [1.165, 1.54) is 38.5 Å². The van der Waals surface area contributed by atoms with E-state index < -0.39 is 0 Å². The normalized spacial score (nSPS) is 59.9. The molecule has 5 aliphatic carbocycles. The fourth-order valence-corrected chi connectivity index (χ4v) is 6.60. The number of rotatable bonds is 0. The van der Waals surface area contributed by atoms with E-state index in [2.05, 4.69) is 12.2 Å². The maximum atomic E-state index is 12.7. The van der Waals surface area contributed by atoms with Gasteiger partial charge in [0.25, 0.3) is 0 Å². The van der Waals surface area contributed by atoms with Crippen LogP contribution < -0.4 is 0 Å². The van der Waals surface area contributed by atoms with Crippen molar-refractivity contribution in [2.75, 3.05) is 0 Å². The molecule has 0 aromatic rings. The molecular weight excluding hydrogens is 220 g/mol. The van der Waals surface area contributed by atoms with Gasteiger partial charge in [-0.1, -0.05) is 12.2 Å². The Morgan fingerprint density at radius 1 is 1.06 bits per heavy atom. The Bertz CT molecular complexity index is 451. The third-order valence-corrected chi connectivity index (χ3v) is 7.37. The van der Waals surface area contributed by atoms with Crippen molar-refractivity contribution in [2.45, 2.75) is 44.9 Å². The molecule has 4 fully saturated rings. The summed E-state index contributed by atoms with van der Waals surface area (Å²) in [7, 11) is 0. The van der Waals surface area contributed by atoms with Crippen molar-refractivity contribution >= 4 is 5.78 Å². The zero-order chi connectivity index (χ0) is 11.9. The van der Waals surface area contributed by atoms with Crippen LogP contribution in [-0.2, 0) is 4.79 Å². The van der Waals surface area contributed by atoms with Gasteiger partial charge in [-0.2, -0.15) is 0 Å². The van der Waals surface area contributed by atoms with Crippen LogP contribution in [0.5, 0.6) is 0 Å². The minimum Gasteiger partial charge on any atom is -0.299 e. The van der Waals surface area contributed by atoms with Gasteiger partial charge >= 0.3 is 0 Å². The first-order valence-corrected chi connectivity index (χ1v) is 8.00. The summed E-state index contributed by atoms with van der Waals surface area (Å²) in [6, 6.07) is 0. The molecule has 96 valence electrons. The number of Topliss-reactive ketones (excluding diaryl/α,β-unsaturated/α-hetero) is 1. The molecule has 0 heterocycles. The first kappa shape index (κ1) is 10.2. The second kappa shape index (κ2) is 3.11. The largest absolute Gasteiger partial charge is 0.299 e. The predicted molar refractivity (Wildman–Crippen MR) is 69.8 cm³/mol. The summed E-state index contributed by atoms with van der Waals surface area (Å²) in [5.74, 6) is 5.62. The van der Waals surface area contributed by atoms with Crippen molar-refractivity contribution < 1.29 is 4.79 Å². The lowest BCUT2D eigenvalue weighted by Gasteiger charge is -2.49. The van der Waals surface area contributed by atoms with Crippen molar-refractivity contribution in [1.82, 2.24) is 0 Å². The first-order chi connectivity index (χ1) is 8.80. The molecule has 0 amide bonds. The minimum absolute atomic E-state index is 0.236. The fourth-order valence-electron chi connectivity index (χ4n) is 6.60. The monoisotopic (exact) mass is 242 g/mol. The molecule has 0 aromatic carbocycles. The molecular formula is C17H22O. The summed E-state index contributed by atoms with van der Waals surface area (Å²) >= 11 is 0. The van der Waals surface area contributed by atoms with Gasteiger partial charge in [0, 0.05) is 11.8 Å². The lowest BCUT2D eigenvalue weighted by molar-refractivity contribution is -0.136. The topological polar surface area (TPSA) is 17.1 Å². The van der Waals surface area contributed by atoms with Crippen molar-refractivity contribution in [3.8, 4) is 0 Å². The van der Waals surface area contributed by atoms with E-state index in [9.17, 15) is 4.79 Å². The van der Waals surface area contributed by atoms with Gasteiger partial charge in [0.1, 0.15) is 5.78 Å². The highest BCUT2D eigenvalue weighted by Gasteiger charge is 2.71. The molecule has 7 atom stereocenters. The zero-order valence-electron chi connectivity index (χ0n) is 11.0. The highest BCUT2D eigenvalue weighted by Crippen LogP contribution is 2.73. The van der Waals surface area contributed by atoms with Gasteiger partial charge in [0.05, 0.1) is 0 Å². The van der Waals surface area contributed by atoms with Crippen LogP contribution in [0.2, 0.25) is 0 Å². The quantitative estimate of drug-likeness (QED) is 0.593. The molecule has 5 rings (SSSR count). The highest BCUT2D eigenvalue weighted by atomic mass is 16.1. The molecule has 0 aliphatic heterocycles. The van der Waals surface area contributed by atoms with Gasteiger partial charge < -0.3 is 0 Å². The molecule has 1 heteroatoms. The van der Waals surface area contributed by atoms with Crippen LogP contribution in [0, 0.1) is 40.9 Å². The molecule has 4 saturated carbocycles. The van der Waals surface area contributed by atoms with Crippen LogP contribution >= 0.6 is 0 Å². The maximum absolute atomic E-state index is 12.7. The summed E-state index contributed by atoms with van der Waals surface area (Å²) in [4.78, 5) is 12.7. The minimum atomic E-state index is 0.236. The summed E-state index contributed by atoms with van der Waals surface area (Å²) in [5.41, 5.74) is 0.236. The van der Waals surface area contributed by atoms with Crippen LogP contribution in [0.4, 0.5) is 0 Å². The molecule has 7 unspecified atom stereocenters. The molecule has 0 aromatic heterocycles. The molecule has 0 saturated heterocycles. The predicted octanol–water partition coefficient (Wildman–Crippen LogP) is 3.59.